The lowest BCUT2D eigenvalue weighted by Gasteiger charge is -2.16. The van der Waals surface area contributed by atoms with Crippen molar-refractivity contribution >= 4 is 29.4 Å². The molecule has 0 bridgehead atoms. The van der Waals surface area contributed by atoms with Gasteiger partial charge in [0.2, 0.25) is 5.91 Å². The molecule has 0 saturated heterocycles. The van der Waals surface area contributed by atoms with Gasteiger partial charge in [0.15, 0.2) is 0 Å². The lowest BCUT2D eigenvalue weighted by Crippen LogP contribution is -2.29. The van der Waals surface area contributed by atoms with E-state index >= 15 is 0 Å². The predicted molar refractivity (Wildman–Crippen MR) is 74.2 cm³/mol. The third-order valence-electron chi connectivity index (χ3n) is 1.65. The normalized spacial score (nSPS) is 11.5. The summed E-state index contributed by atoms with van der Waals surface area (Å²) in [7, 11) is 0. The summed E-state index contributed by atoms with van der Waals surface area (Å²) in [6.45, 7) is 7.29. The van der Waals surface area contributed by atoms with Crippen molar-refractivity contribution < 1.29 is 9.90 Å². The Labute approximate surface area is 107 Å². The topological polar surface area (TPSA) is 49.3 Å². The van der Waals surface area contributed by atoms with Gasteiger partial charge in [-0.1, -0.05) is 20.8 Å². The molecule has 0 saturated carbocycles. The Bertz CT molecular complexity index is 193. The van der Waals surface area contributed by atoms with Crippen molar-refractivity contribution in [1.29, 1.82) is 0 Å². The second-order valence-electron chi connectivity index (χ2n) is 4.44. The van der Waals surface area contributed by atoms with E-state index in [2.05, 4.69) is 26.1 Å². The monoisotopic (exact) mass is 265 g/mol. The Kier molecular flexibility index (Phi) is 9.26. The molecule has 5 heteroatoms. The quantitative estimate of drug-likeness (QED) is 0.657. The predicted octanol–water partition coefficient (Wildman–Crippen LogP) is 1.75. The summed E-state index contributed by atoms with van der Waals surface area (Å²) < 4.78 is 0.146. The lowest BCUT2D eigenvalue weighted by atomic mass is 10.3. The summed E-state index contributed by atoms with van der Waals surface area (Å²) >= 11 is 3.42. The zero-order valence-electron chi connectivity index (χ0n) is 10.4. The van der Waals surface area contributed by atoms with Crippen LogP contribution in [0.5, 0.6) is 0 Å². The minimum absolute atomic E-state index is 0.114. The number of carbonyl (C=O) groups is 1. The van der Waals surface area contributed by atoms with Crippen LogP contribution in [0.4, 0.5) is 0 Å². The van der Waals surface area contributed by atoms with E-state index in [0.717, 1.165) is 24.5 Å². The molecule has 0 rings (SSSR count). The first-order chi connectivity index (χ1) is 7.45. The minimum Gasteiger partial charge on any atom is -0.396 e. The summed E-state index contributed by atoms with van der Waals surface area (Å²) in [6.07, 6.45) is 0.832. The first kappa shape index (κ1) is 16.1. The van der Waals surface area contributed by atoms with E-state index in [1.54, 1.807) is 23.5 Å². The van der Waals surface area contributed by atoms with Gasteiger partial charge in [0.25, 0.3) is 0 Å². The Morgan fingerprint density at radius 1 is 1.31 bits per heavy atom. The molecule has 0 fully saturated rings. The Morgan fingerprint density at radius 2 is 2.00 bits per heavy atom. The van der Waals surface area contributed by atoms with Crippen LogP contribution in [0.15, 0.2) is 0 Å². The van der Waals surface area contributed by atoms with Crippen molar-refractivity contribution in [2.24, 2.45) is 0 Å². The van der Waals surface area contributed by atoms with Crippen LogP contribution in [0.1, 0.15) is 27.2 Å². The van der Waals surface area contributed by atoms with Crippen molar-refractivity contribution in [2.75, 3.05) is 30.4 Å². The van der Waals surface area contributed by atoms with Crippen molar-refractivity contribution in [1.82, 2.24) is 5.32 Å². The second kappa shape index (κ2) is 9.19. The largest absolute Gasteiger partial charge is 0.396 e. The number of aliphatic hydroxyl groups excluding tert-OH is 1. The summed E-state index contributed by atoms with van der Waals surface area (Å²) in [5, 5.41) is 11.5. The van der Waals surface area contributed by atoms with Gasteiger partial charge < -0.3 is 10.4 Å². The molecular formula is C11H23NO2S2. The van der Waals surface area contributed by atoms with E-state index in [1.807, 2.05) is 0 Å². The number of carbonyl (C=O) groups excluding carboxylic acids is 1. The van der Waals surface area contributed by atoms with E-state index in [4.69, 9.17) is 5.11 Å². The summed E-state index contributed by atoms with van der Waals surface area (Å²) in [5.41, 5.74) is 0. The second-order valence-corrected chi connectivity index (χ2v) is 7.47. The van der Waals surface area contributed by atoms with Crippen molar-refractivity contribution in [3.8, 4) is 0 Å². The molecular weight excluding hydrogens is 242 g/mol. The molecule has 0 heterocycles. The number of rotatable bonds is 8. The van der Waals surface area contributed by atoms with E-state index in [-0.39, 0.29) is 17.3 Å². The van der Waals surface area contributed by atoms with E-state index in [9.17, 15) is 4.79 Å². The average molecular weight is 265 g/mol. The van der Waals surface area contributed by atoms with Crippen molar-refractivity contribution in [3.05, 3.63) is 0 Å². The molecule has 0 spiro atoms. The van der Waals surface area contributed by atoms with Crippen LogP contribution in [0.2, 0.25) is 0 Å². The Balaban J connectivity index is 3.31. The number of aliphatic hydroxyl groups is 1. The lowest BCUT2D eigenvalue weighted by molar-refractivity contribution is -0.118. The summed E-state index contributed by atoms with van der Waals surface area (Å²) in [6, 6.07) is 0. The molecule has 0 aliphatic carbocycles. The van der Waals surface area contributed by atoms with Crippen LogP contribution in [-0.2, 0) is 4.79 Å². The minimum atomic E-state index is 0.114. The fraction of sp³-hybridized carbons (Fsp3) is 0.909. The van der Waals surface area contributed by atoms with Gasteiger partial charge in [-0.3, -0.25) is 4.79 Å². The van der Waals surface area contributed by atoms with Gasteiger partial charge in [-0.05, 0) is 12.2 Å². The number of amides is 1. The van der Waals surface area contributed by atoms with Crippen LogP contribution in [0.25, 0.3) is 0 Å². The molecule has 2 N–H and O–H groups in total. The fourth-order valence-corrected chi connectivity index (χ4v) is 2.31. The molecule has 1 amide bonds. The highest BCUT2D eigenvalue weighted by Gasteiger charge is 2.12. The molecule has 0 unspecified atom stereocenters. The third kappa shape index (κ3) is 12.2. The molecule has 0 radical (unpaired) electrons. The molecule has 16 heavy (non-hydrogen) atoms. The van der Waals surface area contributed by atoms with E-state index in [1.165, 1.54) is 0 Å². The van der Waals surface area contributed by atoms with Gasteiger partial charge >= 0.3 is 0 Å². The fourth-order valence-electron chi connectivity index (χ4n) is 0.864. The number of nitrogens with one attached hydrogen (secondary N) is 1. The first-order valence-electron chi connectivity index (χ1n) is 5.55. The van der Waals surface area contributed by atoms with Gasteiger partial charge in [-0.2, -0.15) is 11.8 Å². The number of hydrogen-bond donors (Lipinski definition) is 2. The highest BCUT2D eigenvalue weighted by molar-refractivity contribution is 8.01. The molecule has 0 aliphatic rings. The molecule has 96 valence electrons. The van der Waals surface area contributed by atoms with Crippen LogP contribution in [0, 0.1) is 0 Å². The van der Waals surface area contributed by atoms with Crippen molar-refractivity contribution in [3.63, 3.8) is 0 Å². The molecule has 0 atom stereocenters. The van der Waals surface area contributed by atoms with Gasteiger partial charge in [0.1, 0.15) is 0 Å². The first-order valence-corrected chi connectivity index (χ1v) is 7.69. The number of hydrogen-bond acceptors (Lipinski definition) is 4. The Morgan fingerprint density at radius 3 is 2.56 bits per heavy atom. The zero-order valence-corrected chi connectivity index (χ0v) is 12.0. The SMILES string of the molecule is CC(C)(C)SCC(=O)NCCSCCCO. The van der Waals surface area contributed by atoms with Gasteiger partial charge in [0, 0.05) is 23.7 Å². The van der Waals surface area contributed by atoms with E-state index < -0.39 is 0 Å². The van der Waals surface area contributed by atoms with Crippen LogP contribution < -0.4 is 5.32 Å². The Hall–Kier alpha value is 0.130. The van der Waals surface area contributed by atoms with Crippen LogP contribution in [-0.4, -0.2) is 46.2 Å². The van der Waals surface area contributed by atoms with Gasteiger partial charge in [0.05, 0.1) is 5.75 Å². The molecule has 0 aromatic rings. The maximum absolute atomic E-state index is 11.4. The molecule has 0 aromatic heterocycles. The summed E-state index contributed by atoms with van der Waals surface area (Å²) in [5.74, 6) is 2.53. The summed E-state index contributed by atoms with van der Waals surface area (Å²) in [4.78, 5) is 11.4. The van der Waals surface area contributed by atoms with Crippen LogP contribution in [0.3, 0.4) is 0 Å². The molecule has 0 aromatic carbocycles. The smallest absolute Gasteiger partial charge is 0.230 e. The maximum atomic E-state index is 11.4. The standard InChI is InChI=1S/C11H23NO2S2/c1-11(2,3)16-9-10(14)12-5-8-15-7-4-6-13/h13H,4-9H2,1-3H3,(H,12,14). The van der Waals surface area contributed by atoms with Crippen molar-refractivity contribution in [2.45, 2.75) is 31.9 Å². The highest BCUT2D eigenvalue weighted by Crippen LogP contribution is 2.22. The molecule has 0 aliphatic heterocycles. The average Bonchev–Trinajstić information content (AvgIpc) is 2.19. The van der Waals surface area contributed by atoms with E-state index in [0.29, 0.717) is 5.75 Å². The molecule has 3 nitrogen and oxygen atoms in total. The van der Waals surface area contributed by atoms with Gasteiger partial charge in [-0.15, -0.1) is 11.8 Å². The maximum Gasteiger partial charge on any atom is 0.230 e. The van der Waals surface area contributed by atoms with Gasteiger partial charge in [-0.25, -0.2) is 0 Å². The third-order valence-corrected chi connectivity index (χ3v) is 3.99. The zero-order chi connectivity index (χ0) is 12.4. The van der Waals surface area contributed by atoms with Crippen LogP contribution >= 0.6 is 23.5 Å². The highest BCUT2D eigenvalue weighted by atomic mass is 32.2. The number of thioether (sulfide) groups is 2.